The van der Waals surface area contributed by atoms with Crippen LogP contribution in [0, 0.1) is 0 Å². The highest BCUT2D eigenvalue weighted by Gasteiger charge is 2.61. The molecule has 2 fully saturated rings. The minimum Gasteiger partial charge on any atom is -0.460 e. The van der Waals surface area contributed by atoms with E-state index in [0.717, 1.165) is 27.8 Å². The lowest BCUT2D eigenvalue weighted by Crippen LogP contribution is -2.69. The molecule has 3 aliphatic heterocycles. The lowest BCUT2D eigenvalue weighted by molar-refractivity contribution is -0.286. The van der Waals surface area contributed by atoms with Crippen LogP contribution in [0.3, 0.4) is 0 Å². The molecule has 0 unspecified atom stereocenters. The summed E-state index contributed by atoms with van der Waals surface area (Å²) in [5.41, 5.74) is 1.46. The number of esters is 1. The molecule has 9 atom stereocenters. The number of aliphatic hydroxyl groups is 1. The lowest BCUT2D eigenvalue weighted by atomic mass is 9.94. The van der Waals surface area contributed by atoms with Crippen LogP contribution < -0.4 is 10.6 Å². The van der Waals surface area contributed by atoms with Gasteiger partial charge in [0.25, 0.3) is 0 Å². The predicted molar refractivity (Wildman–Crippen MR) is 298 cm³/mol. The number of rotatable bonds is 23. The first-order valence-electron chi connectivity index (χ1n) is 27.0. The van der Waals surface area contributed by atoms with Crippen LogP contribution in [0.1, 0.15) is 62.4 Å². The number of nitrogens with zero attached hydrogens (tertiary/aromatic N) is 3. The molecule has 3 amide bonds. The van der Waals surface area contributed by atoms with Crippen molar-refractivity contribution in [1.29, 1.82) is 0 Å². The molecule has 0 aromatic heterocycles. The number of amides is 3. The number of ether oxygens (including phenoxy) is 9. The van der Waals surface area contributed by atoms with Gasteiger partial charge in [0.05, 0.1) is 52.2 Å². The Morgan fingerprint density at radius 3 is 1.77 bits per heavy atom. The number of hydrogen-bond acceptors (Lipinski definition) is 16. The molecule has 3 aliphatic rings. The molecule has 3 N–H and O–H groups in total. The molecule has 19 nitrogen and oxygen atoms in total. The summed E-state index contributed by atoms with van der Waals surface area (Å²) in [5.74, 6) is -1.79. The van der Waals surface area contributed by atoms with Gasteiger partial charge in [0.1, 0.15) is 61.1 Å². The van der Waals surface area contributed by atoms with Crippen molar-refractivity contribution in [3.05, 3.63) is 192 Å². The van der Waals surface area contributed by atoms with E-state index in [-0.39, 0.29) is 65.4 Å². The molecule has 0 saturated carbocycles. The number of benzene rings is 5. The van der Waals surface area contributed by atoms with Crippen LogP contribution in [0.5, 0.6) is 0 Å². The van der Waals surface area contributed by atoms with Crippen molar-refractivity contribution in [3.63, 3.8) is 0 Å². The first-order chi connectivity index (χ1) is 39.1. The molecule has 5 aromatic carbocycles. The Hall–Kier alpha value is -7.49. The van der Waals surface area contributed by atoms with Gasteiger partial charge in [-0.3, -0.25) is 20.0 Å². The first kappa shape index (κ1) is 59.6. The van der Waals surface area contributed by atoms with Crippen molar-refractivity contribution in [2.24, 2.45) is 4.99 Å². The highest BCUT2D eigenvalue weighted by Crippen LogP contribution is 2.40. The molecule has 0 radical (unpaired) electrons. The Morgan fingerprint density at radius 2 is 1.23 bits per heavy atom. The topological polar surface area (TPSA) is 214 Å². The van der Waals surface area contributed by atoms with E-state index >= 15 is 4.79 Å². The predicted octanol–water partition coefficient (Wildman–Crippen LogP) is 7.60. The second-order valence-electron chi connectivity index (χ2n) is 21.2. The van der Waals surface area contributed by atoms with Crippen molar-refractivity contribution in [2.75, 3.05) is 26.4 Å². The summed E-state index contributed by atoms with van der Waals surface area (Å²) in [7, 11) is 0. The number of aliphatic hydroxyl groups excluding tert-OH is 1. The summed E-state index contributed by atoms with van der Waals surface area (Å²) in [6.07, 6.45) is -7.94. The second-order valence-corrected chi connectivity index (χ2v) is 21.2. The molecule has 0 bridgehead atoms. The van der Waals surface area contributed by atoms with E-state index in [0.29, 0.717) is 0 Å². The fraction of sp³-hybridized carbons (Fsp3) is 0.403. The molecule has 0 spiro atoms. The smallest absolute Gasteiger partial charge is 0.414 e. The van der Waals surface area contributed by atoms with E-state index < -0.39 is 90.3 Å². The quantitative estimate of drug-likeness (QED) is 0.0326. The number of carbonyl (C=O) groups excluding carboxylic acids is 4. The third kappa shape index (κ3) is 16.3. The van der Waals surface area contributed by atoms with Crippen LogP contribution in [0.2, 0.25) is 0 Å². The van der Waals surface area contributed by atoms with Crippen molar-refractivity contribution < 1.29 is 66.9 Å². The van der Waals surface area contributed by atoms with Gasteiger partial charge in [0.2, 0.25) is 11.9 Å². The Labute approximate surface area is 473 Å². The Balaban J connectivity index is 1.19. The summed E-state index contributed by atoms with van der Waals surface area (Å²) in [4.78, 5) is 65.4. The molecule has 5 aromatic rings. The van der Waals surface area contributed by atoms with Gasteiger partial charge < -0.3 is 58.0 Å². The zero-order valence-electron chi connectivity index (χ0n) is 46.4. The Bertz CT molecular complexity index is 2840. The minimum atomic E-state index is -1.60. The van der Waals surface area contributed by atoms with Crippen molar-refractivity contribution >= 4 is 30.0 Å². The van der Waals surface area contributed by atoms with Gasteiger partial charge in [-0.15, -0.1) is 0 Å². The molecule has 19 heteroatoms. The normalized spacial score (nSPS) is 22.7. The van der Waals surface area contributed by atoms with E-state index in [1.54, 1.807) is 46.8 Å². The summed E-state index contributed by atoms with van der Waals surface area (Å²) in [5, 5.41) is 18.7. The third-order valence-corrected chi connectivity index (χ3v) is 13.5. The largest absolute Gasteiger partial charge is 0.460 e. The highest BCUT2D eigenvalue weighted by atomic mass is 16.6. The molecule has 8 rings (SSSR count). The average Bonchev–Trinajstić information content (AvgIpc) is 3.87. The number of alkyl carbamates (subject to hydrolysis) is 1. The van der Waals surface area contributed by atoms with Crippen LogP contribution in [-0.2, 0) is 85.3 Å². The van der Waals surface area contributed by atoms with E-state index in [1.807, 2.05) is 140 Å². The van der Waals surface area contributed by atoms with E-state index in [9.17, 15) is 19.5 Å². The zero-order valence-corrected chi connectivity index (χ0v) is 46.4. The van der Waals surface area contributed by atoms with Crippen LogP contribution in [0.4, 0.5) is 9.59 Å². The van der Waals surface area contributed by atoms with Crippen molar-refractivity contribution in [3.8, 4) is 0 Å². The molecule has 81 heavy (non-hydrogen) atoms. The fourth-order valence-electron chi connectivity index (χ4n) is 9.77. The fourth-order valence-corrected chi connectivity index (χ4v) is 9.77. The summed E-state index contributed by atoms with van der Waals surface area (Å²) in [6, 6.07) is 42.8. The molecular weight excluding hydrogens is 1040 g/mol. The average molecular weight is 1110 g/mol. The number of carbonyl (C=O) groups is 4. The maximum absolute atomic E-state index is 15.4. The van der Waals surface area contributed by atoms with Gasteiger partial charge >= 0.3 is 18.2 Å². The summed E-state index contributed by atoms with van der Waals surface area (Å²) < 4.78 is 57.0. The number of hydrogen-bond donors (Lipinski definition) is 3. The highest BCUT2D eigenvalue weighted by molar-refractivity contribution is 5.96. The first-order valence-corrected chi connectivity index (χ1v) is 27.0. The molecular formula is C62H73N5O14. The molecule has 430 valence electrons. The standard InChI is InChI=1S/C62H73N5O14/c1-7-33-75-57(70)47(40-73-35-42-23-13-8-14-24-42)64-55(69)50-52(80-62(5,6)67(50)60(72)81-61(2,3)4)48-34-63-58(65-59(71)78-39-46-31-21-12-22-32-46)66(48)56-51(68)54(77-38-45-29-19-11-20-30-45)53(76-37-44-27-17-10-18-28-44)49(79-56)41-74-36-43-25-15-9-16-26-43/h7-32,47-54,56,68H,1,33-41H2,2-6H3,(H,64,69)(H,63,65,71)/t47-,48-,49+,50+,51-,52-,53+,54+,56-/m0/s1. The van der Waals surface area contributed by atoms with Gasteiger partial charge in [0.15, 0.2) is 12.3 Å². The van der Waals surface area contributed by atoms with Gasteiger partial charge in [-0.2, -0.15) is 0 Å². The van der Waals surface area contributed by atoms with Crippen LogP contribution >= 0.6 is 0 Å². The summed E-state index contributed by atoms with van der Waals surface area (Å²) >= 11 is 0. The minimum absolute atomic E-state index is 0.0466. The van der Waals surface area contributed by atoms with E-state index in [1.165, 1.54) is 15.9 Å². The van der Waals surface area contributed by atoms with Crippen LogP contribution in [-0.4, -0.2) is 137 Å². The van der Waals surface area contributed by atoms with Gasteiger partial charge in [-0.25, -0.2) is 14.4 Å². The monoisotopic (exact) mass is 1110 g/mol. The maximum Gasteiger partial charge on any atom is 0.414 e. The van der Waals surface area contributed by atoms with E-state index in [2.05, 4.69) is 17.2 Å². The van der Waals surface area contributed by atoms with Gasteiger partial charge in [-0.1, -0.05) is 164 Å². The van der Waals surface area contributed by atoms with Gasteiger partial charge in [-0.05, 0) is 62.4 Å². The van der Waals surface area contributed by atoms with Gasteiger partial charge in [0, 0.05) is 0 Å². The van der Waals surface area contributed by atoms with Crippen molar-refractivity contribution in [2.45, 2.75) is 134 Å². The SMILES string of the molecule is C=CCOC(=O)[C@H](COCc1ccccc1)NC(=O)[C@H]1[C@H]([C@@H]2CN=C(NC(=O)OCc3ccccc3)N2[C@H]2O[C@H](COCc3ccccc3)[C@@H](OCc3ccccc3)[C@H](OCc3ccccc3)[C@@H]2O)OC(C)(C)N1C(=O)OC(C)(C)C. The number of guanidine groups is 1. The molecule has 0 aliphatic carbocycles. The number of nitrogens with one attached hydrogen (secondary N) is 2. The lowest BCUT2D eigenvalue weighted by Gasteiger charge is -2.49. The molecule has 3 heterocycles. The molecule has 2 saturated heterocycles. The second kappa shape index (κ2) is 28.3. The van der Waals surface area contributed by atoms with Crippen molar-refractivity contribution in [1.82, 2.24) is 20.4 Å². The van der Waals surface area contributed by atoms with Crippen LogP contribution in [0.15, 0.2) is 169 Å². The van der Waals surface area contributed by atoms with Crippen LogP contribution in [0.25, 0.3) is 0 Å². The third-order valence-electron chi connectivity index (χ3n) is 13.5. The van der Waals surface area contributed by atoms with E-state index in [4.69, 9.17) is 47.6 Å². The Kier molecular flexibility index (Phi) is 20.8. The Morgan fingerprint density at radius 1 is 0.728 bits per heavy atom. The number of aliphatic imine (C=N–C) groups is 1. The summed E-state index contributed by atoms with van der Waals surface area (Å²) in [6.45, 7) is 11.5. The zero-order chi connectivity index (χ0) is 57.4. The maximum atomic E-state index is 15.4.